The Labute approximate surface area is 112 Å². The molecule has 0 aliphatic heterocycles. The number of nitrogens with zero attached hydrogens (tertiary/aromatic N) is 2. The number of fused-ring (bicyclic) bond motifs is 1. The van der Waals surface area contributed by atoms with Gasteiger partial charge in [0.1, 0.15) is 0 Å². The van der Waals surface area contributed by atoms with Crippen molar-refractivity contribution in [2.24, 2.45) is 7.05 Å². The van der Waals surface area contributed by atoms with E-state index in [0.29, 0.717) is 0 Å². The maximum Gasteiger partial charge on any atom is 0.0905 e. The Balaban J connectivity index is 1.78. The number of nitrogen functional groups attached to an aromatic ring is 1. The highest BCUT2D eigenvalue weighted by molar-refractivity contribution is 5.49. The summed E-state index contributed by atoms with van der Waals surface area (Å²) >= 11 is 0. The predicted molar refractivity (Wildman–Crippen MR) is 74.6 cm³/mol. The van der Waals surface area contributed by atoms with Crippen molar-refractivity contribution < 1.29 is 5.11 Å². The van der Waals surface area contributed by atoms with Gasteiger partial charge in [0.05, 0.1) is 11.8 Å². The highest BCUT2D eigenvalue weighted by Gasteiger charge is 2.36. The van der Waals surface area contributed by atoms with Crippen LogP contribution in [0.2, 0.25) is 0 Å². The molecule has 0 amide bonds. The molecule has 1 unspecified atom stereocenters. The Morgan fingerprint density at radius 3 is 3.05 bits per heavy atom. The fourth-order valence-corrected chi connectivity index (χ4v) is 2.96. The lowest BCUT2D eigenvalue weighted by Crippen LogP contribution is -2.23. The quantitative estimate of drug-likeness (QED) is 0.824. The SMILES string of the molecule is Cn1cc(CCC2(O)CCc3cc(N)ccc32)cn1. The van der Waals surface area contributed by atoms with Crippen LogP contribution in [0.15, 0.2) is 30.6 Å². The molecule has 1 atom stereocenters. The van der Waals surface area contributed by atoms with E-state index in [4.69, 9.17) is 5.73 Å². The van der Waals surface area contributed by atoms with Crippen molar-refractivity contribution in [3.63, 3.8) is 0 Å². The minimum absolute atomic E-state index is 0.709. The van der Waals surface area contributed by atoms with Crippen molar-refractivity contribution in [3.05, 3.63) is 47.3 Å². The van der Waals surface area contributed by atoms with Gasteiger partial charge in [-0.15, -0.1) is 0 Å². The third-order valence-corrected chi connectivity index (χ3v) is 4.02. The zero-order valence-corrected chi connectivity index (χ0v) is 11.1. The van der Waals surface area contributed by atoms with E-state index < -0.39 is 5.60 Å². The summed E-state index contributed by atoms with van der Waals surface area (Å²) in [4.78, 5) is 0. The number of hydrogen-bond acceptors (Lipinski definition) is 3. The van der Waals surface area contributed by atoms with Crippen LogP contribution in [0.4, 0.5) is 5.69 Å². The van der Waals surface area contributed by atoms with E-state index >= 15 is 0 Å². The fourth-order valence-electron chi connectivity index (χ4n) is 2.96. The van der Waals surface area contributed by atoms with Crippen molar-refractivity contribution in [3.8, 4) is 0 Å². The molecule has 0 saturated carbocycles. The van der Waals surface area contributed by atoms with Crippen molar-refractivity contribution in [2.45, 2.75) is 31.3 Å². The number of aryl methyl sites for hydroxylation is 3. The molecule has 19 heavy (non-hydrogen) atoms. The van der Waals surface area contributed by atoms with Crippen LogP contribution in [-0.4, -0.2) is 14.9 Å². The molecule has 3 N–H and O–H groups in total. The first kappa shape index (κ1) is 12.2. The molecule has 0 spiro atoms. The standard InChI is InChI=1S/C15H19N3O/c1-18-10-11(9-17-18)4-6-15(19)7-5-12-8-13(16)2-3-14(12)15/h2-3,8-10,19H,4-7,16H2,1H3. The van der Waals surface area contributed by atoms with Gasteiger partial charge >= 0.3 is 0 Å². The van der Waals surface area contributed by atoms with Crippen LogP contribution in [0, 0.1) is 0 Å². The third kappa shape index (κ3) is 2.24. The summed E-state index contributed by atoms with van der Waals surface area (Å²) in [6.07, 6.45) is 7.13. The summed E-state index contributed by atoms with van der Waals surface area (Å²) in [5.41, 5.74) is 9.26. The highest BCUT2D eigenvalue weighted by atomic mass is 16.3. The first-order chi connectivity index (χ1) is 9.07. The number of nitrogens with two attached hydrogens (primary N) is 1. The number of aliphatic hydroxyl groups is 1. The smallest absolute Gasteiger partial charge is 0.0905 e. The molecule has 100 valence electrons. The van der Waals surface area contributed by atoms with E-state index in [0.717, 1.165) is 36.9 Å². The van der Waals surface area contributed by atoms with E-state index in [9.17, 15) is 5.11 Å². The second-order valence-corrected chi connectivity index (χ2v) is 5.47. The molecular weight excluding hydrogens is 238 g/mol. The Bertz CT molecular complexity index is 605. The van der Waals surface area contributed by atoms with Crippen LogP contribution >= 0.6 is 0 Å². The Morgan fingerprint density at radius 2 is 2.32 bits per heavy atom. The van der Waals surface area contributed by atoms with Crippen LogP contribution in [0.3, 0.4) is 0 Å². The monoisotopic (exact) mass is 257 g/mol. The molecule has 0 bridgehead atoms. The number of anilines is 1. The Morgan fingerprint density at radius 1 is 1.47 bits per heavy atom. The number of hydrogen-bond donors (Lipinski definition) is 2. The largest absolute Gasteiger partial charge is 0.399 e. The molecule has 0 saturated heterocycles. The topological polar surface area (TPSA) is 64.1 Å². The van der Waals surface area contributed by atoms with Gasteiger partial charge in [-0.25, -0.2) is 0 Å². The van der Waals surface area contributed by atoms with Gasteiger partial charge in [-0.2, -0.15) is 5.10 Å². The normalized spacial score (nSPS) is 21.6. The molecule has 4 heteroatoms. The van der Waals surface area contributed by atoms with Crippen LogP contribution in [0.5, 0.6) is 0 Å². The molecule has 1 aliphatic rings. The molecule has 1 aliphatic carbocycles. The zero-order valence-electron chi connectivity index (χ0n) is 11.1. The van der Waals surface area contributed by atoms with Gasteiger partial charge in [-0.05, 0) is 54.5 Å². The van der Waals surface area contributed by atoms with Gasteiger partial charge in [0.2, 0.25) is 0 Å². The minimum atomic E-state index is -0.709. The summed E-state index contributed by atoms with van der Waals surface area (Å²) in [6.45, 7) is 0. The maximum atomic E-state index is 10.8. The second-order valence-electron chi connectivity index (χ2n) is 5.47. The molecule has 0 radical (unpaired) electrons. The number of benzene rings is 1. The number of aromatic nitrogens is 2. The predicted octanol–water partition coefficient (Wildman–Crippen LogP) is 1.77. The molecular formula is C15H19N3O. The summed E-state index contributed by atoms with van der Waals surface area (Å²) in [6, 6.07) is 5.83. The Kier molecular flexibility index (Phi) is 2.82. The van der Waals surface area contributed by atoms with E-state index in [2.05, 4.69) is 5.10 Å². The third-order valence-electron chi connectivity index (χ3n) is 4.02. The van der Waals surface area contributed by atoms with Crippen LogP contribution in [0.25, 0.3) is 0 Å². The molecule has 1 heterocycles. The lowest BCUT2D eigenvalue weighted by atomic mass is 9.89. The van der Waals surface area contributed by atoms with Crippen molar-refractivity contribution in [2.75, 3.05) is 5.73 Å². The first-order valence-electron chi connectivity index (χ1n) is 6.66. The molecule has 1 aromatic carbocycles. The molecule has 3 rings (SSSR count). The highest BCUT2D eigenvalue weighted by Crippen LogP contribution is 2.40. The van der Waals surface area contributed by atoms with Gasteiger partial charge in [-0.3, -0.25) is 4.68 Å². The van der Waals surface area contributed by atoms with Crippen LogP contribution < -0.4 is 5.73 Å². The Hall–Kier alpha value is -1.81. The average molecular weight is 257 g/mol. The summed E-state index contributed by atoms with van der Waals surface area (Å²) in [5, 5.41) is 15.0. The van der Waals surface area contributed by atoms with Gasteiger partial charge in [0.25, 0.3) is 0 Å². The lowest BCUT2D eigenvalue weighted by Gasteiger charge is -2.23. The molecule has 2 aromatic rings. The fraction of sp³-hybridized carbons (Fsp3) is 0.400. The summed E-state index contributed by atoms with van der Waals surface area (Å²) in [5.74, 6) is 0. The van der Waals surface area contributed by atoms with E-state index in [-0.39, 0.29) is 0 Å². The van der Waals surface area contributed by atoms with Crippen molar-refractivity contribution >= 4 is 5.69 Å². The average Bonchev–Trinajstić information content (AvgIpc) is 2.92. The molecule has 0 fully saturated rings. The lowest BCUT2D eigenvalue weighted by molar-refractivity contribution is 0.0297. The second kappa shape index (κ2) is 4.38. The first-order valence-corrected chi connectivity index (χ1v) is 6.66. The van der Waals surface area contributed by atoms with Gasteiger partial charge in [-0.1, -0.05) is 6.07 Å². The van der Waals surface area contributed by atoms with Gasteiger partial charge in [0.15, 0.2) is 0 Å². The number of rotatable bonds is 3. The van der Waals surface area contributed by atoms with Gasteiger partial charge in [0, 0.05) is 18.9 Å². The van der Waals surface area contributed by atoms with Crippen molar-refractivity contribution in [1.29, 1.82) is 0 Å². The van der Waals surface area contributed by atoms with Crippen molar-refractivity contribution in [1.82, 2.24) is 9.78 Å². The molecule has 1 aromatic heterocycles. The summed E-state index contributed by atoms with van der Waals surface area (Å²) < 4.78 is 1.79. The maximum absolute atomic E-state index is 10.8. The van der Waals surface area contributed by atoms with E-state index in [1.165, 1.54) is 11.1 Å². The van der Waals surface area contributed by atoms with Gasteiger partial charge < -0.3 is 10.8 Å². The van der Waals surface area contributed by atoms with Crippen LogP contribution in [-0.2, 0) is 25.5 Å². The van der Waals surface area contributed by atoms with Crippen LogP contribution in [0.1, 0.15) is 29.5 Å². The minimum Gasteiger partial charge on any atom is -0.399 e. The zero-order chi connectivity index (χ0) is 13.5. The van der Waals surface area contributed by atoms with E-state index in [1.807, 2.05) is 37.6 Å². The van der Waals surface area contributed by atoms with E-state index in [1.54, 1.807) is 4.68 Å². The molecule has 4 nitrogen and oxygen atoms in total. The summed E-state index contributed by atoms with van der Waals surface area (Å²) in [7, 11) is 1.91.